The molecule has 140 valence electrons. The molecule has 0 saturated carbocycles. The van der Waals surface area contributed by atoms with Crippen molar-refractivity contribution in [1.29, 1.82) is 0 Å². The predicted molar refractivity (Wildman–Crippen MR) is 113 cm³/mol. The molecule has 3 aromatic rings. The van der Waals surface area contributed by atoms with E-state index in [4.69, 9.17) is 4.98 Å². The van der Waals surface area contributed by atoms with Crippen molar-refractivity contribution in [1.82, 2.24) is 9.88 Å². The quantitative estimate of drug-likeness (QED) is 0.545. The van der Waals surface area contributed by atoms with Gasteiger partial charge in [0.2, 0.25) is 5.91 Å². The van der Waals surface area contributed by atoms with Crippen molar-refractivity contribution in [2.45, 2.75) is 46.2 Å². The first-order valence-electron chi connectivity index (χ1n) is 9.41. The molecule has 0 saturated heterocycles. The number of rotatable bonds is 7. The standard InChI is InChI=1S/C23H26N2OS/c1-4-18(3)25(15-19-10-6-5-7-11-19)22(26)14-21-16-27-23(24-21)20-12-8-9-17(2)13-20/h5-13,16,18H,4,14-15H2,1-3H3. The van der Waals surface area contributed by atoms with Gasteiger partial charge in [0.25, 0.3) is 0 Å². The molecule has 0 bridgehead atoms. The van der Waals surface area contributed by atoms with Crippen LogP contribution in [0, 0.1) is 6.92 Å². The molecule has 0 aliphatic rings. The Kier molecular flexibility index (Phi) is 6.40. The van der Waals surface area contributed by atoms with E-state index in [1.807, 2.05) is 34.5 Å². The van der Waals surface area contributed by atoms with E-state index in [9.17, 15) is 4.79 Å². The summed E-state index contributed by atoms with van der Waals surface area (Å²) in [7, 11) is 0. The average Bonchev–Trinajstić information content (AvgIpc) is 3.14. The molecule has 2 aromatic carbocycles. The minimum absolute atomic E-state index is 0.134. The molecule has 0 spiro atoms. The van der Waals surface area contributed by atoms with Crippen LogP contribution in [0.4, 0.5) is 0 Å². The maximum Gasteiger partial charge on any atom is 0.229 e. The normalized spacial score (nSPS) is 12.0. The van der Waals surface area contributed by atoms with Crippen LogP contribution in [0.5, 0.6) is 0 Å². The largest absolute Gasteiger partial charge is 0.335 e. The summed E-state index contributed by atoms with van der Waals surface area (Å²) in [6.07, 6.45) is 1.28. The Hall–Kier alpha value is -2.46. The summed E-state index contributed by atoms with van der Waals surface area (Å²) in [5.74, 6) is 0.134. The van der Waals surface area contributed by atoms with Gasteiger partial charge in [0.05, 0.1) is 12.1 Å². The van der Waals surface area contributed by atoms with Gasteiger partial charge in [-0.15, -0.1) is 11.3 Å². The summed E-state index contributed by atoms with van der Waals surface area (Å²) in [6, 6.07) is 18.7. The minimum atomic E-state index is 0.134. The fourth-order valence-corrected chi connectivity index (χ4v) is 3.86. The molecule has 0 aliphatic heterocycles. The Labute approximate surface area is 165 Å². The number of carbonyl (C=O) groups excluding carboxylic acids is 1. The van der Waals surface area contributed by atoms with Crippen LogP contribution in [0.3, 0.4) is 0 Å². The Morgan fingerprint density at radius 3 is 2.63 bits per heavy atom. The second-order valence-corrected chi connectivity index (χ2v) is 7.81. The minimum Gasteiger partial charge on any atom is -0.335 e. The van der Waals surface area contributed by atoms with Crippen molar-refractivity contribution in [2.75, 3.05) is 0 Å². The van der Waals surface area contributed by atoms with Crippen LogP contribution in [-0.4, -0.2) is 21.8 Å². The number of aryl methyl sites for hydroxylation is 1. The lowest BCUT2D eigenvalue weighted by atomic mass is 10.1. The molecule has 27 heavy (non-hydrogen) atoms. The second-order valence-electron chi connectivity index (χ2n) is 6.95. The van der Waals surface area contributed by atoms with Gasteiger partial charge in [0, 0.05) is 23.5 Å². The Bertz CT molecular complexity index is 888. The fraction of sp³-hybridized carbons (Fsp3) is 0.304. The molecular formula is C23H26N2OS. The van der Waals surface area contributed by atoms with Crippen LogP contribution in [-0.2, 0) is 17.8 Å². The van der Waals surface area contributed by atoms with Gasteiger partial charge in [0.15, 0.2) is 0 Å². The lowest BCUT2D eigenvalue weighted by molar-refractivity contribution is -0.133. The van der Waals surface area contributed by atoms with Gasteiger partial charge < -0.3 is 4.90 Å². The molecular weight excluding hydrogens is 352 g/mol. The highest BCUT2D eigenvalue weighted by Gasteiger charge is 2.20. The fourth-order valence-electron chi connectivity index (χ4n) is 3.05. The summed E-state index contributed by atoms with van der Waals surface area (Å²) in [6.45, 7) is 6.95. The predicted octanol–water partition coefficient (Wildman–Crippen LogP) is 5.49. The van der Waals surface area contributed by atoms with E-state index in [1.165, 1.54) is 5.56 Å². The third-order valence-corrected chi connectivity index (χ3v) is 5.73. The highest BCUT2D eigenvalue weighted by Crippen LogP contribution is 2.25. The number of hydrogen-bond donors (Lipinski definition) is 0. The lowest BCUT2D eigenvalue weighted by Gasteiger charge is -2.28. The smallest absolute Gasteiger partial charge is 0.229 e. The summed E-state index contributed by atoms with van der Waals surface area (Å²) >= 11 is 1.60. The maximum atomic E-state index is 13.0. The molecule has 0 aliphatic carbocycles. The van der Waals surface area contributed by atoms with Crippen molar-refractivity contribution in [3.63, 3.8) is 0 Å². The number of aromatic nitrogens is 1. The van der Waals surface area contributed by atoms with Crippen molar-refractivity contribution in [2.24, 2.45) is 0 Å². The molecule has 1 unspecified atom stereocenters. The molecule has 1 atom stereocenters. The average molecular weight is 379 g/mol. The lowest BCUT2D eigenvalue weighted by Crippen LogP contribution is -2.38. The van der Waals surface area contributed by atoms with Gasteiger partial charge in [-0.1, -0.05) is 61.0 Å². The van der Waals surface area contributed by atoms with Crippen molar-refractivity contribution in [3.05, 3.63) is 76.8 Å². The van der Waals surface area contributed by atoms with Crippen LogP contribution in [0.2, 0.25) is 0 Å². The van der Waals surface area contributed by atoms with E-state index in [0.717, 1.165) is 28.2 Å². The van der Waals surface area contributed by atoms with Crippen LogP contribution in [0.15, 0.2) is 60.0 Å². The van der Waals surface area contributed by atoms with Crippen molar-refractivity contribution >= 4 is 17.2 Å². The molecule has 3 nitrogen and oxygen atoms in total. The van der Waals surface area contributed by atoms with Crippen molar-refractivity contribution in [3.8, 4) is 10.6 Å². The van der Waals surface area contributed by atoms with Gasteiger partial charge in [-0.3, -0.25) is 4.79 Å². The third kappa shape index (κ3) is 5.04. The molecule has 0 radical (unpaired) electrons. The zero-order valence-corrected chi connectivity index (χ0v) is 17.0. The topological polar surface area (TPSA) is 33.2 Å². The molecule has 1 aromatic heterocycles. The van der Waals surface area contributed by atoms with Crippen LogP contribution >= 0.6 is 11.3 Å². The maximum absolute atomic E-state index is 13.0. The number of thiazole rings is 1. The van der Waals surface area contributed by atoms with E-state index >= 15 is 0 Å². The zero-order valence-electron chi connectivity index (χ0n) is 16.2. The van der Waals surface area contributed by atoms with Crippen LogP contribution < -0.4 is 0 Å². The van der Waals surface area contributed by atoms with Crippen LogP contribution in [0.25, 0.3) is 10.6 Å². The van der Waals surface area contributed by atoms with Gasteiger partial charge >= 0.3 is 0 Å². The Balaban J connectivity index is 1.74. The van der Waals surface area contributed by atoms with E-state index in [2.05, 4.69) is 51.1 Å². The molecule has 0 fully saturated rings. The van der Waals surface area contributed by atoms with Gasteiger partial charge in [-0.05, 0) is 31.9 Å². The van der Waals surface area contributed by atoms with Crippen molar-refractivity contribution < 1.29 is 4.79 Å². The summed E-state index contributed by atoms with van der Waals surface area (Å²) in [5.41, 5.74) is 4.33. The van der Waals surface area contributed by atoms with Gasteiger partial charge in [-0.2, -0.15) is 0 Å². The third-order valence-electron chi connectivity index (χ3n) is 4.79. The summed E-state index contributed by atoms with van der Waals surface area (Å²) in [5, 5.41) is 2.98. The first-order valence-corrected chi connectivity index (χ1v) is 10.3. The van der Waals surface area contributed by atoms with Gasteiger partial charge in [-0.25, -0.2) is 4.98 Å². The first kappa shape index (κ1) is 19.3. The summed E-state index contributed by atoms with van der Waals surface area (Å²) < 4.78 is 0. The highest BCUT2D eigenvalue weighted by molar-refractivity contribution is 7.13. The Morgan fingerprint density at radius 1 is 1.15 bits per heavy atom. The molecule has 3 rings (SSSR count). The second kappa shape index (κ2) is 8.96. The monoisotopic (exact) mass is 378 g/mol. The molecule has 4 heteroatoms. The number of hydrogen-bond acceptors (Lipinski definition) is 3. The summed E-state index contributed by atoms with van der Waals surface area (Å²) in [4.78, 5) is 19.7. The number of amides is 1. The molecule has 1 amide bonds. The number of benzene rings is 2. The van der Waals surface area contributed by atoms with E-state index in [-0.39, 0.29) is 11.9 Å². The molecule has 0 N–H and O–H groups in total. The Morgan fingerprint density at radius 2 is 1.93 bits per heavy atom. The number of carbonyl (C=O) groups is 1. The first-order chi connectivity index (χ1) is 13.1. The van der Waals surface area contributed by atoms with E-state index < -0.39 is 0 Å². The number of nitrogens with zero attached hydrogens (tertiary/aromatic N) is 2. The SMILES string of the molecule is CCC(C)N(Cc1ccccc1)C(=O)Cc1csc(-c2cccc(C)c2)n1. The van der Waals surface area contributed by atoms with Crippen LogP contribution in [0.1, 0.15) is 37.1 Å². The van der Waals surface area contributed by atoms with Gasteiger partial charge in [0.1, 0.15) is 5.01 Å². The highest BCUT2D eigenvalue weighted by atomic mass is 32.1. The van der Waals surface area contributed by atoms with E-state index in [0.29, 0.717) is 13.0 Å². The molecule has 1 heterocycles. The zero-order chi connectivity index (χ0) is 19.2. The van der Waals surface area contributed by atoms with E-state index in [1.54, 1.807) is 11.3 Å².